The van der Waals surface area contributed by atoms with Crippen LogP contribution in [0.25, 0.3) is 10.2 Å². The fourth-order valence-electron chi connectivity index (χ4n) is 1.96. The van der Waals surface area contributed by atoms with Gasteiger partial charge in [-0.3, -0.25) is 10.1 Å². The van der Waals surface area contributed by atoms with Crippen molar-refractivity contribution < 1.29 is 19.4 Å². The summed E-state index contributed by atoms with van der Waals surface area (Å²) in [7, 11) is 1.50. The zero-order valence-electron chi connectivity index (χ0n) is 12.1. The second kappa shape index (κ2) is 6.38. The molecular formula is C14H9ClN4O4S. The number of carbonyl (C=O) groups is 2. The zero-order valence-corrected chi connectivity index (χ0v) is 13.7. The predicted octanol–water partition coefficient (Wildman–Crippen LogP) is 2.70. The number of nitrogens with one attached hydrogen (secondary N) is 1. The molecule has 10 heteroatoms. The summed E-state index contributed by atoms with van der Waals surface area (Å²) in [6.07, 6.45) is 2.44. The van der Waals surface area contributed by atoms with Gasteiger partial charge in [-0.1, -0.05) is 22.9 Å². The second-order valence-corrected chi connectivity index (χ2v) is 5.92. The van der Waals surface area contributed by atoms with Gasteiger partial charge >= 0.3 is 5.97 Å². The van der Waals surface area contributed by atoms with E-state index in [1.54, 1.807) is 12.1 Å². The molecule has 2 aromatic heterocycles. The van der Waals surface area contributed by atoms with Gasteiger partial charge in [0.15, 0.2) is 16.5 Å². The maximum Gasteiger partial charge on any atom is 0.356 e. The summed E-state index contributed by atoms with van der Waals surface area (Å²) in [5.41, 5.74) is -0.139. The van der Waals surface area contributed by atoms with Crippen LogP contribution in [0.3, 0.4) is 0 Å². The maximum atomic E-state index is 12.2. The van der Waals surface area contributed by atoms with E-state index in [2.05, 4.69) is 20.3 Å². The highest BCUT2D eigenvalue weighted by atomic mass is 35.5. The first-order chi connectivity index (χ1) is 11.5. The van der Waals surface area contributed by atoms with E-state index < -0.39 is 17.6 Å². The molecule has 0 saturated carbocycles. The zero-order chi connectivity index (χ0) is 17.3. The molecule has 0 radical (unpaired) electrons. The van der Waals surface area contributed by atoms with Crippen molar-refractivity contribution in [1.29, 1.82) is 0 Å². The number of aromatic nitrogens is 3. The molecule has 3 aromatic rings. The van der Waals surface area contributed by atoms with Gasteiger partial charge in [0.1, 0.15) is 5.75 Å². The number of methoxy groups -OCH3 is 1. The van der Waals surface area contributed by atoms with Gasteiger partial charge in [0, 0.05) is 18.5 Å². The first-order valence-corrected chi connectivity index (χ1v) is 7.68. The fourth-order valence-corrected chi connectivity index (χ4v) is 3.06. The third-order valence-corrected chi connectivity index (χ3v) is 4.23. The van der Waals surface area contributed by atoms with Gasteiger partial charge in [0.25, 0.3) is 5.91 Å². The summed E-state index contributed by atoms with van der Waals surface area (Å²) in [5, 5.41) is 12.3. The van der Waals surface area contributed by atoms with Gasteiger partial charge in [-0.2, -0.15) is 0 Å². The van der Waals surface area contributed by atoms with Gasteiger partial charge in [-0.15, -0.1) is 0 Å². The summed E-state index contributed by atoms with van der Waals surface area (Å²) in [6.45, 7) is 0. The lowest BCUT2D eigenvalue weighted by atomic mass is 10.3. The molecule has 24 heavy (non-hydrogen) atoms. The second-order valence-electron chi connectivity index (χ2n) is 4.49. The van der Waals surface area contributed by atoms with E-state index in [0.29, 0.717) is 16.3 Å². The molecule has 8 nitrogen and oxygen atoms in total. The molecule has 2 heterocycles. The quantitative estimate of drug-likeness (QED) is 0.731. The van der Waals surface area contributed by atoms with Crippen molar-refractivity contribution in [3.05, 3.63) is 40.9 Å². The van der Waals surface area contributed by atoms with Crippen LogP contribution < -0.4 is 10.1 Å². The normalized spacial score (nSPS) is 10.6. The molecule has 2 N–H and O–H groups in total. The Morgan fingerprint density at radius 2 is 1.96 bits per heavy atom. The lowest BCUT2D eigenvalue weighted by Crippen LogP contribution is -2.19. The van der Waals surface area contributed by atoms with Crippen LogP contribution in [0.1, 0.15) is 21.0 Å². The Balaban J connectivity index is 1.93. The Bertz CT molecular complexity index is 959. The fraction of sp³-hybridized carbons (Fsp3) is 0.0714. The SMILES string of the molecule is COc1cc2sc(NC(=O)c3nccnc3C(=O)O)nc2cc1Cl. The average Bonchev–Trinajstić information content (AvgIpc) is 2.94. The Hall–Kier alpha value is -2.78. The predicted molar refractivity (Wildman–Crippen MR) is 88.1 cm³/mol. The van der Waals surface area contributed by atoms with E-state index in [1.165, 1.54) is 30.8 Å². The van der Waals surface area contributed by atoms with Gasteiger partial charge < -0.3 is 9.84 Å². The number of nitrogens with zero attached hydrogens (tertiary/aromatic N) is 3. The number of amides is 1. The Morgan fingerprint density at radius 1 is 1.25 bits per heavy atom. The molecule has 3 rings (SSSR count). The molecule has 122 valence electrons. The van der Waals surface area contributed by atoms with Crippen molar-refractivity contribution in [2.45, 2.75) is 0 Å². The van der Waals surface area contributed by atoms with Crippen molar-refractivity contribution in [3.63, 3.8) is 0 Å². The van der Waals surface area contributed by atoms with Crippen LogP contribution in [0.15, 0.2) is 24.5 Å². The number of ether oxygens (including phenoxy) is 1. The summed E-state index contributed by atoms with van der Waals surface area (Å²) < 4.78 is 5.88. The summed E-state index contributed by atoms with van der Waals surface area (Å²) in [6, 6.07) is 3.32. The Kier molecular flexibility index (Phi) is 4.28. The minimum Gasteiger partial charge on any atom is -0.495 e. The summed E-state index contributed by atoms with van der Waals surface area (Å²) >= 11 is 7.23. The van der Waals surface area contributed by atoms with Crippen LogP contribution in [0, 0.1) is 0 Å². The molecule has 0 fully saturated rings. The van der Waals surface area contributed by atoms with Crippen LogP contribution in [0.4, 0.5) is 5.13 Å². The molecule has 0 aliphatic rings. The molecule has 0 spiro atoms. The molecule has 1 aromatic carbocycles. The molecule has 0 atom stereocenters. The molecule has 0 bridgehead atoms. The third kappa shape index (κ3) is 2.99. The lowest BCUT2D eigenvalue weighted by molar-refractivity contribution is 0.0685. The number of rotatable bonds is 4. The minimum atomic E-state index is -1.34. The molecule has 0 saturated heterocycles. The third-order valence-electron chi connectivity index (χ3n) is 3.00. The van der Waals surface area contributed by atoms with Crippen molar-refractivity contribution in [2.24, 2.45) is 0 Å². The van der Waals surface area contributed by atoms with Crippen LogP contribution in [0.2, 0.25) is 5.02 Å². The van der Waals surface area contributed by atoms with E-state index in [4.69, 9.17) is 21.4 Å². The van der Waals surface area contributed by atoms with Crippen LogP contribution in [-0.2, 0) is 0 Å². The number of benzene rings is 1. The minimum absolute atomic E-state index is 0.279. The number of anilines is 1. The molecule has 0 unspecified atom stereocenters. The van der Waals surface area contributed by atoms with E-state index in [9.17, 15) is 9.59 Å². The highest BCUT2D eigenvalue weighted by Gasteiger charge is 2.20. The smallest absolute Gasteiger partial charge is 0.356 e. The largest absolute Gasteiger partial charge is 0.495 e. The summed E-state index contributed by atoms with van der Waals surface area (Å²) in [5.74, 6) is -1.56. The van der Waals surface area contributed by atoms with Gasteiger partial charge in [0.2, 0.25) is 0 Å². The van der Waals surface area contributed by atoms with Crippen molar-refractivity contribution >= 4 is 50.2 Å². The number of hydrogen-bond acceptors (Lipinski definition) is 7. The number of carbonyl (C=O) groups excluding carboxylic acids is 1. The van der Waals surface area contributed by atoms with Crippen molar-refractivity contribution in [2.75, 3.05) is 12.4 Å². The van der Waals surface area contributed by atoms with Crippen molar-refractivity contribution in [1.82, 2.24) is 15.0 Å². The van der Waals surface area contributed by atoms with E-state index in [0.717, 1.165) is 4.70 Å². The number of fused-ring (bicyclic) bond motifs is 1. The Morgan fingerprint density at radius 3 is 2.62 bits per heavy atom. The first-order valence-electron chi connectivity index (χ1n) is 6.49. The van der Waals surface area contributed by atoms with E-state index in [-0.39, 0.29) is 10.8 Å². The number of aromatic carboxylic acids is 1. The average molecular weight is 365 g/mol. The highest BCUT2D eigenvalue weighted by molar-refractivity contribution is 7.22. The van der Waals surface area contributed by atoms with Gasteiger partial charge in [-0.05, 0) is 6.07 Å². The monoisotopic (exact) mass is 364 g/mol. The number of carboxylic acids is 1. The van der Waals surface area contributed by atoms with Crippen molar-refractivity contribution in [3.8, 4) is 5.75 Å². The molecule has 0 aliphatic heterocycles. The molecular weight excluding hydrogens is 356 g/mol. The maximum absolute atomic E-state index is 12.2. The standard InChI is InChI=1S/C14H9ClN4O4S/c1-23-8-5-9-7(4-6(8)15)18-14(24-9)19-12(20)10-11(13(21)22)17-3-2-16-10/h2-5H,1H3,(H,21,22)(H,18,19,20). The lowest BCUT2D eigenvalue weighted by Gasteiger charge is -2.02. The van der Waals surface area contributed by atoms with E-state index in [1.807, 2.05) is 0 Å². The number of carboxylic acid groups (broad SMARTS) is 1. The number of halogens is 1. The topological polar surface area (TPSA) is 114 Å². The van der Waals surface area contributed by atoms with E-state index >= 15 is 0 Å². The first kappa shape index (κ1) is 16.1. The van der Waals surface area contributed by atoms with Crippen LogP contribution in [0.5, 0.6) is 5.75 Å². The molecule has 0 aliphatic carbocycles. The number of hydrogen-bond donors (Lipinski definition) is 2. The number of thiazole rings is 1. The highest BCUT2D eigenvalue weighted by Crippen LogP contribution is 2.34. The summed E-state index contributed by atoms with van der Waals surface area (Å²) in [4.78, 5) is 35.0. The molecule has 1 amide bonds. The van der Waals surface area contributed by atoms with Gasteiger partial charge in [-0.25, -0.2) is 19.7 Å². The van der Waals surface area contributed by atoms with Gasteiger partial charge in [0.05, 0.1) is 22.3 Å². The van der Waals surface area contributed by atoms with Crippen LogP contribution >= 0.6 is 22.9 Å². The van der Waals surface area contributed by atoms with Crippen LogP contribution in [-0.4, -0.2) is 39.0 Å². The Labute approximate surface area is 144 Å².